The number of rotatable bonds is 8. The van der Waals surface area contributed by atoms with Gasteiger partial charge in [0.25, 0.3) is 0 Å². The summed E-state index contributed by atoms with van der Waals surface area (Å²) in [6.45, 7) is 0. The summed E-state index contributed by atoms with van der Waals surface area (Å²) in [5.74, 6) is -2.08. The third-order valence-corrected chi connectivity index (χ3v) is 4.59. The van der Waals surface area contributed by atoms with Gasteiger partial charge < -0.3 is 25.4 Å². The van der Waals surface area contributed by atoms with Gasteiger partial charge in [-0.05, 0) is 35.4 Å². The quantitative estimate of drug-likeness (QED) is 0.296. The molecule has 0 saturated carbocycles. The predicted octanol–water partition coefficient (Wildman–Crippen LogP) is -1.34. The predicted molar refractivity (Wildman–Crippen MR) is 114 cm³/mol. The zero-order valence-electron chi connectivity index (χ0n) is 17.5. The summed E-state index contributed by atoms with van der Waals surface area (Å²) >= 11 is 0. The molecular weight excluding hydrogens is 419 g/mol. The van der Waals surface area contributed by atoms with Crippen LogP contribution in [0.1, 0.15) is 22.8 Å². The normalized spacial score (nSPS) is 12.5. The van der Waals surface area contributed by atoms with Crippen molar-refractivity contribution in [2.45, 2.75) is 18.6 Å². The maximum absolute atomic E-state index is 12.3. The van der Waals surface area contributed by atoms with E-state index in [1.54, 1.807) is 54.6 Å². The van der Waals surface area contributed by atoms with Crippen LogP contribution in [0.2, 0.25) is 0 Å². The van der Waals surface area contributed by atoms with Crippen molar-refractivity contribution in [3.8, 4) is 5.75 Å². The molecule has 2 atom stereocenters. The number of benzene rings is 3. The SMILES string of the molecule is O=C(Cc1ccccc1)N[C@@H](C(=O)[O-])C(O)c1cccc(N=Cc2ccccc2O)c1.[Na+]. The number of para-hydroxylation sites is 1. The molecule has 0 aromatic heterocycles. The minimum Gasteiger partial charge on any atom is -0.548 e. The number of carbonyl (C=O) groups excluding carboxylic acids is 2. The van der Waals surface area contributed by atoms with Crippen molar-refractivity contribution in [1.29, 1.82) is 0 Å². The van der Waals surface area contributed by atoms with E-state index in [1.165, 1.54) is 24.4 Å². The molecule has 0 radical (unpaired) electrons. The summed E-state index contributed by atoms with van der Waals surface area (Å²) in [6.07, 6.45) is -0.106. The summed E-state index contributed by atoms with van der Waals surface area (Å²) in [4.78, 5) is 28.1. The van der Waals surface area contributed by atoms with Gasteiger partial charge in [0.15, 0.2) is 0 Å². The average molecular weight is 440 g/mol. The van der Waals surface area contributed by atoms with Crippen molar-refractivity contribution >= 4 is 23.8 Å². The van der Waals surface area contributed by atoms with E-state index < -0.39 is 24.0 Å². The third-order valence-electron chi connectivity index (χ3n) is 4.59. The molecule has 0 heterocycles. The molecule has 32 heavy (non-hydrogen) atoms. The minimum atomic E-state index is -1.63. The first-order valence-electron chi connectivity index (χ1n) is 9.58. The Morgan fingerprint density at radius 2 is 1.69 bits per heavy atom. The minimum absolute atomic E-state index is 0. The van der Waals surface area contributed by atoms with Gasteiger partial charge in [0.2, 0.25) is 5.91 Å². The van der Waals surface area contributed by atoms with Gasteiger partial charge in [-0.1, -0.05) is 54.6 Å². The second-order valence-corrected chi connectivity index (χ2v) is 6.88. The Labute approximate surface area is 207 Å². The van der Waals surface area contributed by atoms with Crippen LogP contribution in [0.3, 0.4) is 0 Å². The molecule has 0 bridgehead atoms. The van der Waals surface area contributed by atoms with Crippen LogP contribution < -0.4 is 40.0 Å². The zero-order valence-corrected chi connectivity index (χ0v) is 19.5. The number of hydrogen-bond acceptors (Lipinski definition) is 6. The first-order chi connectivity index (χ1) is 14.9. The molecule has 3 aromatic carbocycles. The summed E-state index contributed by atoms with van der Waals surface area (Å²) < 4.78 is 0. The van der Waals surface area contributed by atoms with E-state index in [2.05, 4.69) is 10.3 Å². The molecule has 3 rings (SSSR count). The van der Waals surface area contributed by atoms with Gasteiger partial charge in [-0.3, -0.25) is 9.79 Å². The fourth-order valence-electron chi connectivity index (χ4n) is 2.99. The van der Waals surface area contributed by atoms with Crippen molar-refractivity contribution in [3.05, 3.63) is 95.6 Å². The number of aromatic hydroxyl groups is 1. The zero-order chi connectivity index (χ0) is 22.2. The number of phenols is 1. The van der Waals surface area contributed by atoms with E-state index in [-0.39, 0.29) is 47.3 Å². The van der Waals surface area contributed by atoms with Gasteiger partial charge in [-0.15, -0.1) is 0 Å². The Morgan fingerprint density at radius 3 is 2.38 bits per heavy atom. The number of aliphatic hydroxyl groups is 1. The Bertz CT molecular complexity index is 1090. The van der Waals surface area contributed by atoms with Crippen LogP contribution in [0.5, 0.6) is 5.75 Å². The van der Waals surface area contributed by atoms with E-state index in [4.69, 9.17) is 0 Å². The van der Waals surface area contributed by atoms with E-state index >= 15 is 0 Å². The monoisotopic (exact) mass is 440 g/mol. The number of carboxylic acid groups (broad SMARTS) is 1. The molecule has 0 fully saturated rings. The number of amides is 1. The van der Waals surface area contributed by atoms with Crippen molar-refractivity contribution in [2.24, 2.45) is 4.99 Å². The molecule has 1 unspecified atom stereocenters. The number of nitrogens with zero attached hydrogens (tertiary/aromatic N) is 1. The fourth-order valence-corrected chi connectivity index (χ4v) is 2.99. The Kier molecular flexibility index (Phi) is 9.61. The number of aliphatic hydroxyl groups excluding tert-OH is 1. The molecule has 8 heteroatoms. The first kappa shape index (κ1) is 25.3. The van der Waals surface area contributed by atoms with Crippen LogP contribution >= 0.6 is 0 Å². The van der Waals surface area contributed by atoms with Gasteiger partial charge >= 0.3 is 29.6 Å². The van der Waals surface area contributed by atoms with Crippen LogP contribution in [-0.4, -0.2) is 34.3 Å². The van der Waals surface area contributed by atoms with E-state index in [1.807, 2.05) is 6.07 Å². The van der Waals surface area contributed by atoms with Crippen LogP contribution in [0, 0.1) is 0 Å². The number of aliphatic carboxylic acids is 1. The number of carboxylic acids is 1. The molecule has 0 saturated heterocycles. The number of carbonyl (C=O) groups is 2. The Hall–Kier alpha value is -2.97. The van der Waals surface area contributed by atoms with Crippen molar-refractivity contribution < 1.29 is 54.5 Å². The summed E-state index contributed by atoms with van der Waals surface area (Å²) in [6, 6.07) is 20.2. The fraction of sp³-hybridized carbons (Fsp3) is 0.125. The Balaban J connectivity index is 0.00000363. The van der Waals surface area contributed by atoms with Gasteiger partial charge in [-0.25, -0.2) is 0 Å². The Morgan fingerprint density at radius 1 is 1.00 bits per heavy atom. The first-order valence-corrected chi connectivity index (χ1v) is 9.58. The van der Waals surface area contributed by atoms with Gasteiger partial charge in [0, 0.05) is 11.8 Å². The van der Waals surface area contributed by atoms with Gasteiger partial charge in [0.05, 0.1) is 24.1 Å². The molecule has 1 amide bonds. The van der Waals surface area contributed by atoms with E-state index in [9.17, 15) is 24.9 Å². The molecule has 3 aromatic rings. The van der Waals surface area contributed by atoms with Crippen molar-refractivity contribution in [2.75, 3.05) is 0 Å². The second kappa shape index (κ2) is 12.2. The van der Waals surface area contributed by atoms with Gasteiger partial charge in [0.1, 0.15) is 11.9 Å². The smallest absolute Gasteiger partial charge is 0.548 e. The molecular formula is C24H21N2NaO5. The summed E-state index contributed by atoms with van der Waals surface area (Å²) in [7, 11) is 0. The maximum atomic E-state index is 12.3. The topological polar surface area (TPSA) is 122 Å². The molecule has 0 aliphatic heterocycles. The number of nitrogens with one attached hydrogen (secondary N) is 1. The van der Waals surface area contributed by atoms with Crippen molar-refractivity contribution in [3.63, 3.8) is 0 Å². The number of hydrogen-bond donors (Lipinski definition) is 3. The van der Waals surface area contributed by atoms with E-state index in [0.717, 1.165) is 0 Å². The molecule has 7 nitrogen and oxygen atoms in total. The summed E-state index contributed by atoms with van der Waals surface area (Å²) in [5.41, 5.74) is 1.91. The summed E-state index contributed by atoms with van der Waals surface area (Å²) in [5, 5.41) is 34.3. The van der Waals surface area contributed by atoms with Crippen LogP contribution in [0.4, 0.5) is 5.69 Å². The maximum Gasteiger partial charge on any atom is 1.00 e. The number of phenolic OH excluding ortho intramolecular Hbond substituents is 1. The van der Waals surface area contributed by atoms with Crippen LogP contribution in [0.25, 0.3) is 0 Å². The molecule has 3 N–H and O–H groups in total. The third kappa shape index (κ3) is 7.03. The van der Waals surface area contributed by atoms with Crippen molar-refractivity contribution in [1.82, 2.24) is 5.32 Å². The standard InChI is InChI=1S/C24H22N2O5.Na/c27-20-12-5-4-9-18(20)15-25-19-11-6-10-17(14-19)23(29)22(24(30)31)26-21(28)13-16-7-2-1-3-8-16;/h1-12,14-15,22-23,27,29H,13H2,(H,26,28)(H,30,31);/q;+1/p-1/t22-,23?;/m1./s1. The molecule has 158 valence electrons. The largest absolute Gasteiger partial charge is 1.00 e. The molecule has 0 aliphatic carbocycles. The van der Waals surface area contributed by atoms with Gasteiger partial charge in [-0.2, -0.15) is 0 Å². The van der Waals surface area contributed by atoms with Crippen LogP contribution in [-0.2, 0) is 16.0 Å². The number of aliphatic imine (C=N–C) groups is 1. The second-order valence-electron chi connectivity index (χ2n) is 6.88. The molecule has 0 spiro atoms. The van der Waals surface area contributed by atoms with Crippen LogP contribution in [0.15, 0.2) is 83.9 Å². The molecule has 0 aliphatic rings. The van der Waals surface area contributed by atoms with E-state index in [0.29, 0.717) is 16.8 Å². The average Bonchev–Trinajstić information content (AvgIpc) is 2.77.